The lowest BCUT2D eigenvalue weighted by atomic mass is 10.2. The highest BCUT2D eigenvalue weighted by molar-refractivity contribution is 7.91. The van der Waals surface area contributed by atoms with Crippen LogP contribution in [0.2, 0.25) is 0 Å². The zero-order valence-corrected chi connectivity index (χ0v) is 17.1. The third kappa shape index (κ3) is 4.97. The third-order valence-corrected chi connectivity index (χ3v) is 6.58. The lowest BCUT2D eigenvalue weighted by molar-refractivity contribution is 0.371. The molecule has 0 saturated carbocycles. The number of guanidine groups is 1. The summed E-state index contributed by atoms with van der Waals surface area (Å²) in [6, 6.07) is 12.6. The number of phenols is 1. The summed E-state index contributed by atoms with van der Waals surface area (Å²) in [7, 11) is -2.08. The van der Waals surface area contributed by atoms with Crippen molar-refractivity contribution in [3.63, 3.8) is 0 Å². The summed E-state index contributed by atoms with van der Waals surface area (Å²) in [5.74, 6) is -0.116. The van der Waals surface area contributed by atoms with Crippen LogP contribution in [0.15, 0.2) is 58.4 Å². The predicted octanol–water partition coefficient (Wildman–Crippen LogP) is 1.70. The van der Waals surface area contributed by atoms with Gasteiger partial charge in [0.15, 0.2) is 15.8 Å². The van der Waals surface area contributed by atoms with Gasteiger partial charge in [-0.25, -0.2) is 12.8 Å². The van der Waals surface area contributed by atoms with Crippen molar-refractivity contribution in [2.45, 2.75) is 4.90 Å². The van der Waals surface area contributed by atoms with Gasteiger partial charge < -0.3 is 20.2 Å². The number of aliphatic imine (C=N–C) groups is 1. The molecule has 3 rings (SSSR count). The lowest BCUT2D eigenvalue weighted by Crippen LogP contribution is -2.53. The molecular formula is C20H25FN4O3S. The molecule has 156 valence electrons. The Labute approximate surface area is 170 Å². The molecule has 0 aliphatic carbocycles. The first-order chi connectivity index (χ1) is 13.9. The Morgan fingerprint density at radius 3 is 2.41 bits per heavy atom. The summed E-state index contributed by atoms with van der Waals surface area (Å²) in [4.78, 5) is 8.08. The van der Waals surface area contributed by atoms with Crippen LogP contribution in [0.5, 0.6) is 5.75 Å². The molecule has 7 nitrogen and oxygen atoms in total. The molecule has 0 bridgehead atoms. The standard InChI is InChI=1S/C20H25FN4O3S/c1-22-20(23-10-15-29(27,28)19-9-5-2-6-16(19)21)25-13-11-24(12-14-25)17-7-3-4-8-18(17)26/h2-9,26H,10-15H2,1H3,(H,22,23). The molecule has 1 aliphatic heterocycles. The van der Waals surface area contributed by atoms with E-state index in [1.54, 1.807) is 19.2 Å². The molecule has 29 heavy (non-hydrogen) atoms. The zero-order valence-electron chi connectivity index (χ0n) is 16.3. The van der Waals surface area contributed by atoms with Crippen LogP contribution in [0.1, 0.15) is 0 Å². The Morgan fingerprint density at radius 1 is 1.10 bits per heavy atom. The number of nitrogens with one attached hydrogen (secondary N) is 1. The van der Waals surface area contributed by atoms with E-state index in [0.717, 1.165) is 11.8 Å². The molecule has 1 aliphatic rings. The van der Waals surface area contributed by atoms with E-state index in [1.807, 2.05) is 17.0 Å². The SMILES string of the molecule is CN=C(NCCS(=O)(=O)c1ccccc1F)N1CCN(c2ccccc2O)CC1. The Kier molecular flexibility index (Phi) is 6.58. The van der Waals surface area contributed by atoms with Crippen molar-refractivity contribution in [1.82, 2.24) is 10.2 Å². The van der Waals surface area contributed by atoms with E-state index < -0.39 is 15.7 Å². The second-order valence-electron chi connectivity index (χ2n) is 6.69. The van der Waals surface area contributed by atoms with Crippen LogP contribution >= 0.6 is 0 Å². The fourth-order valence-electron chi connectivity index (χ4n) is 3.33. The summed E-state index contributed by atoms with van der Waals surface area (Å²) in [6.45, 7) is 2.88. The molecule has 2 N–H and O–H groups in total. The van der Waals surface area contributed by atoms with Gasteiger partial charge in [0.05, 0.1) is 11.4 Å². The van der Waals surface area contributed by atoms with Crippen molar-refractivity contribution in [3.8, 4) is 5.75 Å². The summed E-state index contributed by atoms with van der Waals surface area (Å²) in [5, 5.41) is 13.1. The number of rotatable bonds is 5. The van der Waals surface area contributed by atoms with Crippen LogP contribution in [0.25, 0.3) is 0 Å². The molecule has 9 heteroatoms. The van der Waals surface area contributed by atoms with E-state index in [0.29, 0.717) is 32.1 Å². The predicted molar refractivity (Wildman–Crippen MR) is 112 cm³/mol. The third-order valence-electron chi connectivity index (χ3n) is 4.84. The number of phenolic OH excluding ortho intramolecular Hbond substituents is 1. The van der Waals surface area contributed by atoms with Crippen LogP contribution in [0, 0.1) is 5.82 Å². The molecule has 1 heterocycles. The van der Waals surface area contributed by atoms with Gasteiger partial charge in [-0.2, -0.15) is 0 Å². The maximum atomic E-state index is 13.8. The van der Waals surface area contributed by atoms with Gasteiger partial charge in [0, 0.05) is 39.8 Å². The van der Waals surface area contributed by atoms with E-state index in [2.05, 4.69) is 15.2 Å². The molecule has 0 spiro atoms. The first kappa shape index (κ1) is 20.9. The molecule has 0 amide bonds. The number of benzene rings is 2. The minimum absolute atomic E-state index is 0.128. The number of sulfone groups is 1. The Hall–Kier alpha value is -2.81. The molecule has 2 aromatic carbocycles. The normalized spacial score (nSPS) is 15.4. The van der Waals surface area contributed by atoms with E-state index in [9.17, 15) is 17.9 Å². The van der Waals surface area contributed by atoms with Gasteiger partial charge in [-0.15, -0.1) is 0 Å². The fraction of sp³-hybridized carbons (Fsp3) is 0.350. The van der Waals surface area contributed by atoms with Crippen molar-refractivity contribution in [2.75, 3.05) is 50.4 Å². The van der Waals surface area contributed by atoms with Gasteiger partial charge in [-0.1, -0.05) is 24.3 Å². The van der Waals surface area contributed by atoms with Crippen molar-refractivity contribution >= 4 is 21.5 Å². The molecule has 0 radical (unpaired) electrons. The van der Waals surface area contributed by atoms with E-state index in [4.69, 9.17) is 0 Å². The average molecular weight is 421 g/mol. The van der Waals surface area contributed by atoms with Crippen LogP contribution in [-0.2, 0) is 9.84 Å². The fourth-order valence-corrected chi connectivity index (χ4v) is 4.57. The summed E-state index contributed by atoms with van der Waals surface area (Å²) < 4.78 is 38.5. The summed E-state index contributed by atoms with van der Waals surface area (Å²) in [6.07, 6.45) is 0. The lowest BCUT2D eigenvalue weighted by Gasteiger charge is -2.37. The van der Waals surface area contributed by atoms with Gasteiger partial charge in [0.1, 0.15) is 16.5 Å². The quantitative estimate of drug-likeness (QED) is 0.566. The number of nitrogens with zero attached hydrogens (tertiary/aromatic N) is 3. The number of anilines is 1. The number of hydrogen-bond acceptors (Lipinski definition) is 5. The maximum absolute atomic E-state index is 13.8. The summed E-state index contributed by atoms with van der Waals surface area (Å²) in [5.41, 5.74) is 0.797. The van der Waals surface area contributed by atoms with Crippen LogP contribution in [0.3, 0.4) is 0 Å². The molecule has 2 aromatic rings. The van der Waals surface area contributed by atoms with Crippen molar-refractivity contribution in [2.24, 2.45) is 4.99 Å². The molecule has 0 atom stereocenters. The molecule has 1 saturated heterocycles. The highest BCUT2D eigenvalue weighted by atomic mass is 32.2. The number of piperazine rings is 1. The van der Waals surface area contributed by atoms with Crippen molar-refractivity contribution in [1.29, 1.82) is 0 Å². The monoisotopic (exact) mass is 420 g/mol. The van der Waals surface area contributed by atoms with E-state index in [-0.39, 0.29) is 22.9 Å². The molecule has 0 unspecified atom stereocenters. The van der Waals surface area contributed by atoms with Gasteiger partial charge in [-0.3, -0.25) is 4.99 Å². The minimum Gasteiger partial charge on any atom is -0.506 e. The van der Waals surface area contributed by atoms with E-state index >= 15 is 0 Å². The average Bonchev–Trinajstić information content (AvgIpc) is 2.72. The van der Waals surface area contributed by atoms with Crippen LogP contribution < -0.4 is 10.2 Å². The number of halogens is 1. The number of hydrogen-bond donors (Lipinski definition) is 2. The molecular weight excluding hydrogens is 395 g/mol. The van der Waals surface area contributed by atoms with Gasteiger partial charge in [0.25, 0.3) is 0 Å². The van der Waals surface area contributed by atoms with Gasteiger partial charge >= 0.3 is 0 Å². The number of aromatic hydroxyl groups is 1. The second-order valence-corrected chi connectivity index (χ2v) is 8.76. The Morgan fingerprint density at radius 2 is 1.76 bits per heavy atom. The summed E-state index contributed by atoms with van der Waals surface area (Å²) >= 11 is 0. The zero-order chi connectivity index (χ0) is 20.9. The van der Waals surface area contributed by atoms with Crippen molar-refractivity contribution < 1.29 is 17.9 Å². The molecule has 1 fully saturated rings. The van der Waals surface area contributed by atoms with Gasteiger partial charge in [-0.05, 0) is 24.3 Å². The van der Waals surface area contributed by atoms with E-state index in [1.165, 1.54) is 18.2 Å². The Balaban J connectivity index is 1.54. The topological polar surface area (TPSA) is 85.2 Å². The van der Waals surface area contributed by atoms with Crippen LogP contribution in [0.4, 0.5) is 10.1 Å². The van der Waals surface area contributed by atoms with Crippen molar-refractivity contribution in [3.05, 3.63) is 54.3 Å². The number of para-hydroxylation sites is 2. The highest BCUT2D eigenvalue weighted by Crippen LogP contribution is 2.27. The Bertz CT molecular complexity index is 973. The minimum atomic E-state index is -3.72. The first-order valence-electron chi connectivity index (χ1n) is 9.38. The maximum Gasteiger partial charge on any atom is 0.193 e. The van der Waals surface area contributed by atoms with Gasteiger partial charge in [0.2, 0.25) is 0 Å². The highest BCUT2D eigenvalue weighted by Gasteiger charge is 2.22. The smallest absolute Gasteiger partial charge is 0.193 e. The molecule has 0 aromatic heterocycles. The second kappa shape index (κ2) is 9.13. The first-order valence-corrected chi connectivity index (χ1v) is 11.0. The van der Waals surface area contributed by atoms with Crippen LogP contribution in [-0.4, -0.2) is 69.9 Å². The largest absolute Gasteiger partial charge is 0.506 e.